The van der Waals surface area contributed by atoms with Crippen LogP contribution in [0.4, 0.5) is 4.39 Å². The highest BCUT2D eigenvalue weighted by atomic mass is 32.1. The van der Waals surface area contributed by atoms with E-state index in [9.17, 15) is 4.39 Å². The number of nitrogens with one attached hydrogen (secondary N) is 2. The lowest BCUT2D eigenvalue weighted by atomic mass is 10.1. The van der Waals surface area contributed by atoms with Crippen molar-refractivity contribution in [2.24, 2.45) is 0 Å². The van der Waals surface area contributed by atoms with Gasteiger partial charge < -0.3 is 4.98 Å². The summed E-state index contributed by atoms with van der Waals surface area (Å²) in [6.07, 6.45) is 3.45. The van der Waals surface area contributed by atoms with E-state index < -0.39 is 0 Å². The van der Waals surface area contributed by atoms with Crippen molar-refractivity contribution in [3.8, 4) is 22.6 Å². The fourth-order valence-corrected chi connectivity index (χ4v) is 3.66. The van der Waals surface area contributed by atoms with Crippen LogP contribution in [0.25, 0.3) is 33.8 Å². The average molecular weight is 364 g/mol. The van der Waals surface area contributed by atoms with E-state index in [0.29, 0.717) is 12.4 Å². The van der Waals surface area contributed by atoms with E-state index in [1.807, 2.05) is 22.2 Å². The number of H-pyrrole nitrogens is 2. The monoisotopic (exact) mass is 364 g/mol. The molecule has 5 rings (SSSR count). The van der Waals surface area contributed by atoms with Crippen LogP contribution < -0.4 is 0 Å². The number of hydrogen-bond donors (Lipinski definition) is 2. The van der Waals surface area contributed by atoms with Crippen molar-refractivity contribution < 1.29 is 4.39 Å². The van der Waals surface area contributed by atoms with Gasteiger partial charge in [-0.1, -0.05) is 18.2 Å². The van der Waals surface area contributed by atoms with Gasteiger partial charge in [0, 0.05) is 10.4 Å². The number of thiophene rings is 1. The van der Waals surface area contributed by atoms with Gasteiger partial charge in [0.05, 0.1) is 30.2 Å². The van der Waals surface area contributed by atoms with Crippen molar-refractivity contribution in [3.63, 3.8) is 0 Å². The molecule has 0 aliphatic heterocycles. The lowest BCUT2D eigenvalue weighted by Gasteiger charge is -2.01. The van der Waals surface area contributed by atoms with Crippen LogP contribution in [0.15, 0.2) is 54.2 Å². The molecule has 26 heavy (non-hydrogen) atoms. The molecule has 0 atom stereocenters. The van der Waals surface area contributed by atoms with E-state index in [1.54, 1.807) is 29.8 Å². The Balaban J connectivity index is 1.56. The van der Waals surface area contributed by atoms with Gasteiger partial charge in [0.25, 0.3) is 0 Å². The first-order valence-corrected chi connectivity index (χ1v) is 8.89. The number of aromatic nitrogens is 6. The van der Waals surface area contributed by atoms with Crippen molar-refractivity contribution >= 4 is 22.5 Å². The maximum atomic E-state index is 13.6. The molecule has 0 fully saturated rings. The number of aromatic amines is 2. The Kier molecular flexibility index (Phi) is 3.42. The Bertz CT molecular complexity index is 1180. The quantitative estimate of drug-likeness (QED) is 0.505. The first-order valence-electron chi connectivity index (χ1n) is 8.01. The molecule has 0 bridgehead atoms. The zero-order valence-corrected chi connectivity index (χ0v) is 14.3. The van der Waals surface area contributed by atoms with Crippen LogP contribution in [0.3, 0.4) is 0 Å². The van der Waals surface area contributed by atoms with Crippen molar-refractivity contribution in [3.05, 3.63) is 64.9 Å². The second kappa shape index (κ2) is 5.92. The summed E-state index contributed by atoms with van der Waals surface area (Å²) in [4.78, 5) is 9.19. The average Bonchev–Trinajstić information content (AvgIpc) is 3.41. The maximum Gasteiger partial charge on any atom is 0.177 e. The minimum absolute atomic E-state index is 0.292. The highest BCUT2D eigenvalue weighted by Crippen LogP contribution is 2.30. The third-order valence-corrected chi connectivity index (χ3v) is 5.04. The predicted octanol–water partition coefficient (Wildman–Crippen LogP) is 4.07. The lowest BCUT2D eigenvalue weighted by Crippen LogP contribution is -2.00. The largest absolute Gasteiger partial charge is 0.335 e. The third-order valence-electron chi connectivity index (χ3n) is 4.18. The van der Waals surface area contributed by atoms with Crippen LogP contribution in [0.1, 0.15) is 4.88 Å². The Morgan fingerprint density at radius 3 is 2.96 bits per heavy atom. The molecule has 8 heteroatoms. The minimum atomic E-state index is -0.292. The van der Waals surface area contributed by atoms with E-state index in [4.69, 9.17) is 4.98 Å². The number of hydrogen-bond acceptors (Lipinski definition) is 4. The van der Waals surface area contributed by atoms with E-state index in [2.05, 4.69) is 26.3 Å². The summed E-state index contributed by atoms with van der Waals surface area (Å²) in [7, 11) is 0. The second-order valence-corrected chi connectivity index (χ2v) is 6.91. The first-order chi connectivity index (χ1) is 12.8. The first kappa shape index (κ1) is 15.0. The molecule has 0 aliphatic carbocycles. The number of halogens is 1. The molecule has 4 aromatic heterocycles. The molecule has 6 nitrogen and oxygen atoms in total. The van der Waals surface area contributed by atoms with Crippen LogP contribution >= 0.6 is 11.3 Å². The number of imidazole rings is 1. The van der Waals surface area contributed by atoms with Gasteiger partial charge in [0.2, 0.25) is 0 Å². The van der Waals surface area contributed by atoms with Gasteiger partial charge in [-0.15, -0.1) is 11.3 Å². The Labute approximate surface area is 151 Å². The fraction of sp³-hybridized carbons (Fsp3) is 0.0556. The number of nitrogens with zero attached hydrogens (tertiary/aromatic N) is 4. The van der Waals surface area contributed by atoms with Gasteiger partial charge in [-0.2, -0.15) is 10.2 Å². The van der Waals surface area contributed by atoms with Gasteiger partial charge in [0.15, 0.2) is 5.65 Å². The number of rotatable bonds is 4. The Morgan fingerprint density at radius 1 is 1.15 bits per heavy atom. The molecule has 0 spiro atoms. The van der Waals surface area contributed by atoms with Gasteiger partial charge in [-0.25, -0.2) is 14.1 Å². The fourth-order valence-electron chi connectivity index (χ4n) is 2.97. The topological polar surface area (TPSA) is 75.2 Å². The molecule has 0 amide bonds. The zero-order valence-electron chi connectivity index (χ0n) is 13.5. The highest BCUT2D eigenvalue weighted by molar-refractivity contribution is 7.09. The van der Waals surface area contributed by atoms with Crippen LogP contribution in [-0.4, -0.2) is 29.9 Å². The molecule has 128 valence electrons. The van der Waals surface area contributed by atoms with E-state index in [1.165, 1.54) is 17.0 Å². The standard InChI is InChI=1S/C18H13FN6S/c19-12-4-1-3-11(7-12)16-14(8-20-24-16)17-22-15-9-21-25(18(15)23-17)10-13-5-2-6-26-13/h1-9H,10H2,(H,20,24)(H,22,23). The maximum absolute atomic E-state index is 13.6. The third kappa shape index (κ3) is 2.51. The summed E-state index contributed by atoms with van der Waals surface area (Å²) in [5.41, 5.74) is 3.86. The molecule has 4 heterocycles. The molecule has 1 aromatic carbocycles. The van der Waals surface area contributed by atoms with E-state index >= 15 is 0 Å². The minimum Gasteiger partial charge on any atom is -0.335 e. The summed E-state index contributed by atoms with van der Waals surface area (Å²) in [6, 6.07) is 10.5. The SMILES string of the molecule is Fc1cccc(-c2[nH]ncc2-c2nc3c(cnn3Cc3cccs3)[nH]2)c1. The summed E-state index contributed by atoms with van der Waals surface area (Å²) in [5, 5.41) is 13.5. The smallest absolute Gasteiger partial charge is 0.177 e. The lowest BCUT2D eigenvalue weighted by molar-refractivity contribution is 0.628. The van der Waals surface area contributed by atoms with Gasteiger partial charge >= 0.3 is 0 Å². The van der Waals surface area contributed by atoms with E-state index in [-0.39, 0.29) is 5.82 Å². The van der Waals surface area contributed by atoms with Crippen LogP contribution in [0.5, 0.6) is 0 Å². The molecular formula is C18H13FN6S. The Hall–Kier alpha value is -3.26. The van der Waals surface area contributed by atoms with Crippen LogP contribution in [0, 0.1) is 5.82 Å². The summed E-state index contributed by atoms with van der Waals surface area (Å²) >= 11 is 1.69. The summed E-state index contributed by atoms with van der Waals surface area (Å²) < 4.78 is 15.4. The molecular weight excluding hydrogens is 351 g/mol. The molecule has 0 unspecified atom stereocenters. The number of fused-ring (bicyclic) bond motifs is 1. The second-order valence-electron chi connectivity index (χ2n) is 5.87. The molecule has 5 aromatic rings. The van der Waals surface area contributed by atoms with Crippen molar-refractivity contribution in [1.29, 1.82) is 0 Å². The van der Waals surface area contributed by atoms with Crippen molar-refractivity contribution in [2.75, 3.05) is 0 Å². The van der Waals surface area contributed by atoms with E-state index in [0.717, 1.165) is 28.0 Å². The molecule has 0 saturated heterocycles. The van der Waals surface area contributed by atoms with Crippen molar-refractivity contribution in [2.45, 2.75) is 6.54 Å². The van der Waals surface area contributed by atoms with Gasteiger partial charge in [0.1, 0.15) is 17.2 Å². The molecule has 0 saturated carbocycles. The predicted molar refractivity (Wildman–Crippen MR) is 98.3 cm³/mol. The number of benzene rings is 1. The highest BCUT2D eigenvalue weighted by Gasteiger charge is 2.16. The zero-order chi connectivity index (χ0) is 17.5. The molecule has 0 radical (unpaired) electrons. The van der Waals surface area contributed by atoms with Crippen molar-refractivity contribution in [1.82, 2.24) is 29.9 Å². The van der Waals surface area contributed by atoms with Gasteiger partial charge in [-0.3, -0.25) is 5.10 Å². The summed E-state index contributed by atoms with van der Waals surface area (Å²) in [5.74, 6) is 0.379. The van der Waals surface area contributed by atoms with Gasteiger partial charge in [-0.05, 0) is 23.6 Å². The van der Waals surface area contributed by atoms with Crippen LogP contribution in [0.2, 0.25) is 0 Å². The normalized spacial score (nSPS) is 11.4. The molecule has 0 aliphatic rings. The Morgan fingerprint density at radius 2 is 2.12 bits per heavy atom. The molecule has 2 N–H and O–H groups in total. The van der Waals surface area contributed by atoms with Crippen LogP contribution in [-0.2, 0) is 6.54 Å². The summed E-state index contributed by atoms with van der Waals surface area (Å²) in [6.45, 7) is 0.674.